The fourth-order valence-electron chi connectivity index (χ4n) is 3.79. The lowest BCUT2D eigenvalue weighted by atomic mass is 9.94. The second-order valence-corrected chi connectivity index (χ2v) is 7.85. The summed E-state index contributed by atoms with van der Waals surface area (Å²) in [7, 11) is 0. The van der Waals surface area contributed by atoms with Crippen LogP contribution in [0, 0.1) is 12.8 Å². The lowest BCUT2D eigenvalue weighted by molar-refractivity contribution is -0.0514. The topological polar surface area (TPSA) is 142 Å². The van der Waals surface area contributed by atoms with Gasteiger partial charge in [0.1, 0.15) is 0 Å². The standard InChI is InChI=1S/C23H22N6O3/c1-12-5-6-16-15(8-26-29-16)20(12)14-7-18(28-22(21(14)24)23(25)30)17-3-2-4-19(27-17)32-11-13-9-31-10-13/h2-8,13H,9-11,24H2,1H3,(H2,25,30)(H,26,29). The summed E-state index contributed by atoms with van der Waals surface area (Å²) in [6, 6.07) is 11.2. The molecule has 0 bridgehead atoms. The number of aromatic amines is 1. The van der Waals surface area contributed by atoms with E-state index in [-0.39, 0.29) is 11.4 Å². The molecule has 1 aliphatic rings. The molecule has 0 atom stereocenters. The van der Waals surface area contributed by atoms with Gasteiger partial charge in [-0.25, -0.2) is 9.97 Å². The summed E-state index contributed by atoms with van der Waals surface area (Å²) in [6.45, 7) is 3.90. The summed E-state index contributed by atoms with van der Waals surface area (Å²) < 4.78 is 11.0. The molecule has 1 aromatic carbocycles. The Morgan fingerprint density at radius 2 is 2.06 bits per heavy atom. The minimum atomic E-state index is -0.708. The summed E-state index contributed by atoms with van der Waals surface area (Å²) in [4.78, 5) is 21.2. The van der Waals surface area contributed by atoms with E-state index in [0.29, 0.717) is 48.6 Å². The third kappa shape index (κ3) is 3.52. The van der Waals surface area contributed by atoms with Crippen LogP contribution in [0.2, 0.25) is 0 Å². The molecule has 0 unspecified atom stereocenters. The van der Waals surface area contributed by atoms with E-state index in [4.69, 9.17) is 20.9 Å². The van der Waals surface area contributed by atoms with Crippen molar-refractivity contribution in [2.45, 2.75) is 6.92 Å². The van der Waals surface area contributed by atoms with Gasteiger partial charge >= 0.3 is 0 Å². The highest BCUT2D eigenvalue weighted by molar-refractivity contribution is 6.05. The number of aromatic nitrogens is 4. The molecule has 1 aliphatic heterocycles. The number of rotatable bonds is 6. The van der Waals surface area contributed by atoms with Crippen molar-refractivity contribution in [3.63, 3.8) is 0 Å². The Morgan fingerprint density at radius 3 is 2.81 bits per heavy atom. The first-order chi connectivity index (χ1) is 15.5. The minimum absolute atomic E-state index is 0.00265. The molecule has 162 valence electrons. The van der Waals surface area contributed by atoms with Crippen LogP contribution < -0.4 is 16.2 Å². The molecule has 3 aromatic heterocycles. The number of anilines is 1. The van der Waals surface area contributed by atoms with Gasteiger partial charge in [-0.1, -0.05) is 12.1 Å². The number of carbonyl (C=O) groups excluding carboxylic acids is 1. The number of pyridine rings is 2. The number of nitrogens with zero attached hydrogens (tertiary/aromatic N) is 3. The predicted octanol–water partition coefficient (Wildman–Crippen LogP) is 2.70. The molecule has 9 heteroatoms. The summed E-state index contributed by atoms with van der Waals surface area (Å²) >= 11 is 0. The summed E-state index contributed by atoms with van der Waals surface area (Å²) in [5.41, 5.74) is 16.6. The van der Waals surface area contributed by atoms with E-state index < -0.39 is 5.91 Å². The number of primary amides is 1. The summed E-state index contributed by atoms with van der Waals surface area (Å²) in [5, 5.41) is 7.99. The Balaban J connectivity index is 1.63. The van der Waals surface area contributed by atoms with Gasteiger partial charge in [-0.3, -0.25) is 9.89 Å². The molecular weight excluding hydrogens is 408 g/mol. The number of carbonyl (C=O) groups is 1. The van der Waals surface area contributed by atoms with Crippen molar-refractivity contribution < 1.29 is 14.3 Å². The van der Waals surface area contributed by atoms with Gasteiger partial charge in [-0.05, 0) is 36.2 Å². The summed E-state index contributed by atoms with van der Waals surface area (Å²) in [6.07, 6.45) is 1.73. The molecule has 1 amide bonds. The van der Waals surface area contributed by atoms with Crippen molar-refractivity contribution in [1.82, 2.24) is 20.2 Å². The Bertz CT molecular complexity index is 1330. The maximum absolute atomic E-state index is 12.2. The van der Waals surface area contributed by atoms with E-state index in [1.165, 1.54) is 0 Å². The number of nitrogen functional groups attached to an aromatic ring is 1. The zero-order chi connectivity index (χ0) is 22.2. The van der Waals surface area contributed by atoms with Crippen LogP contribution in [0.4, 0.5) is 5.69 Å². The molecule has 1 saturated heterocycles. The lowest BCUT2D eigenvalue weighted by Crippen LogP contribution is -2.32. The van der Waals surface area contributed by atoms with E-state index in [0.717, 1.165) is 22.0 Å². The Labute approximate surface area is 183 Å². The molecule has 4 heterocycles. The molecule has 0 radical (unpaired) electrons. The Kier molecular flexibility index (Phi) is 4.95. The largest absolute Gasteiger partial charge is 0.477 e. The maximum atomic E-state index is 12.2. The van der Waals surface area contributed by atoms with Crippen LogP contribution in [0.25, 0.3) is 33.4 Å². The first kappa shape index (κ1) is 20.0. The lowest BCUT2D eigenvalue weighted by Gasteiger charge is -2.25. The number of H-pyrrole nitrogens is 1. The van der Waals surface area contributed by atoms with Crippen LogP contribution in [0.3, 0.4) is 0 Å². The van der Waals surface area contributed by atoms with Crippen molar-refractivity contribution in [2.24, 2.45) is 11.7 Å². The van der Waals surface area contributed by atoms with Gasteiger partial charge in [0.25, 0.3) is 5.91 Å². The van der Waals surface area contributed by atoms with Crippen molar-refractivity contribution in [3.8, 4) is 28.4 Å². The second kappa shape index (κ2) is 7.93. The molecule has 4 aromatic rings. The highest BCUT2D eigenvalue weighted by Crippen LogP contribution is 2.37. The molecule has 5 rings (SSSR count). The van der Waals surface area contributed by atoms with Crippen LogP contribution in [-0.2, 0) is 4.74 Å². The van der Waals surface area contributed by atoms with E-state index in [9.17, 15) is 4.79 Å². The van der Waals surface area contributed by atoms with Crippen LogP contribution in [0.15, 0.2) is 42.6 Å². The molecule has 1 fully saturated rings. The fourth-order valence-corrected chi connectivity index (χ4v) is 3.79. The Hall–Kier alpha value is -3.98. The van der Waals surface area contributed by atoms with Crippen molar-refractivity contribution in [2.75, 3.05) is 25.6 Å². The number of hydrogen-bond acceptors (Lipinski definition) is 7. The highest BCUT2D eigenvalue weighted by Gasteiger charge is 2.21. The van der Waals surface area contributed by atoms with Crippen molar-refractivity contribution in [1.29, 1.82) is 0 Å². The summed E-state index contributed by atoms with van der Waals surface area (Å²) in [5.74, 6) is 0.143. The third-order valence-corrected chi connectivity index (χ3v) is 5.55. The smallest absolute Gasteiger partial charge is 0.269 e. The molecule has 9 nitrogen and oxygen atoms in total. The van der Waals surface area contributed by atoms with Crippen LogP contribution >= 0.6 is 0 Å². The van der Waals surface area contributed by atoms with Crippen LogP contribution in [0.1, 0.15) is 16.1 Å². The van der Waals surface area contributed by atoms with Gasteiger partial charge < -0.3 is 20.9 Å². The molecule has 5 N–H and O–H groups in total. The van der Waals surface area contributed by atoms with E-state index in [2.05, 4.69) is 20.2 Å². The minimum Gasteiger partial charge on any atom is -0.477 e. The number of nitrogens with one attached hydrogen (secondary N) is 1. The van der Waals surface area contributed by atoms with Gasteiger partial charge in [0.15, 0.2) is 5.69 Å². The average molecular weight is 430 g/mol. The van der Waals surface area contributed by atoms with Crippen LogP contribution in [0.5, 0.6) is 5.88 Å². The molecular formula is C23H22N6O3. The molecule has 0 aliphatic carbocycles. The third-order valence-electron chi connectivity index (χ3n) is 5.55. The molecule has 32 heavy (non-hydrogen) atoms. The monoisotopic (exact) mass is 430 g/mol. The zero-order valence-electron chi connectivity index (χ0n) is 17.5. The van der Waals surface area contributed by atoms with Crippen molar-refractivity contribution in [3.05, 3.63) is 53.9 Å². The number of fused-ring (bicyclic) bond motifs is 1. The van der Waals surface area contributed by atoms with Crippen LogP contribution in [-0.4, -0.2) is 45.9 Å². The van der Waals surface area contributed by atoms with Gasteiger partial charge in [-0.2, -0.15) is 5.10 Å². The number of aryl methyl sites for hydroxylation is 1. The van der Waals surface area contributed by atoms with Crippen molar-refractivity contribution >= 4 is 22.5 Å². The van der Waals surface area contributed by atoms with Gasteiger partial charge in [-0.15, -0.1) is 0 Å². The fraction of sp³-hybridized carbons (Fsp3) is 0.217. The number of benzene rings is 1. The number of amides is 1. The first-order valence-corrected chi connectivity index (χ1v) is 10.2. The zero-order valence-corrected chi connectivity index (χ0v) is 17.5. The van der Waals surface area contributed by atoms with E-state index in [1.807, 2.05) is 31.2 Å². The Morgan fingerprint density at radius 1 is 1.22 bits per heavy atom. The molecule has 0 spiro atoms. The predicted molar refractivity (Wildman–Crippen MR) is 120 cm³/mol. The molecule has 0 saturated carbocycles. The van der Waals surface area contributed by atoms with Gasteiger partial charge in [0.05, 0.1) is 48.6 Å². The normalized spacial score (nSPS) is 13.8. The average Bonchev–Trinajstić information content (AvgIpc) is 3.22. The number of nitrogens with two attached hydrogens (primary N) is 2. The SMILES string of the molecule is Cc1ccc2[nH]ncc2c1-c1cc(-c2cccc(OCC3COC3)n2)nc(C(N)=O)c1N. The maximum Gasteiger partial charge on any atom is 0.269 e. The highest BCUT2D eigenvalue weighted by atomic mass is 16.5. The first-order valence-electron chi connectivity index (χ1n) is 10.2. The van der Waals surface area contributed by atoms with E-state index in [1.54, 1.807) is 18.3 Å². The van der Waals surface area contributed by atoms with Gasteiger partial charge in [0, 0.05) is 22.9 Å². The number of ether oxygens (including phenoxy) is 2. The van der Waals surface area contributed by atoms with Gasteiger partial charge in [0.2, 0.25) is 5.88 Å². The number of hydrogen-bond donors (Lipinski definition) is 3. The van der Waals surface area contributed by atoms with E-state index >= 15 is 0 Å². The quantitative estimate of drug-likeness (QED) is 0.427. The second-order valence-electron chi connectivity index (χ2n) is 7.85.